The van der Waals surface area contributed by atoms with Gasteiger partial charge >= 0.3 is 0 Å². The van der Waals surface area contributed by atoms with Gasteiger partial charge in [0.2, 0.25) is 0 Å². The number of furan rings is 1. The molecule has 2 heterocycles. The van der Waals surface area contributed by atoms with Crippen molar-refractivity contribution in [3.63, 3.8) is 0 Å². The molecule has 9 heteroatoms. The molecule has 0 atom stereocenters. The van der Waals surface area contributed by atoms with Crippen LogP contribution in [0.15, 0.2) is 64.7 Å². The predicted molar refractivity (Wildman–Crippen MR) is 113 cm³/mol. The number of aliphatic hydroxyl groups is 1. The van der Waals surface area contributed by atoms with E-state index < -0.39 is 17.7 Å². The summed E-state index contributed by atoms with van der Waals surface area (Å²) in [7, 11) is 1.45. The number of β-amino-alcohol motifs (C(OH)–C–C–N with tert-alkyl or cyclic N) is 1. The summed E-state index contributed by atoms with van der Waals surface area (Å²) in [5, 5.41) is 15.4. The van der Waals surface area contributed by atoms with Gasteiger partial charge in [0.05, 0.1) is 25.9 Å². The lowest BCUT2D eigenvalue weighted by Crippen LogP contribution is -2.34. The van der Waals surface area contributed by atoms with Crippen molar-refractivity contribution in [3.05, 3.63) is 66.1 Å². The Morgan fingerprint density at radius 2 is 1.97 bits per heavy atom. The fraction of sp³-hybridized carbons (Fsp3) is 0.136. The lowest BCUT2D eigenvalue weighted by Gasteiger charge is -2.15. The van der Waals surface area contributed by atoms with Gasteiger partial charge in [0.1, 0.15) is 17.0 Å². The van der Waals surface area contributed by atoms with E-state index >= 15 is 0 Å². The number of imide groups is 1. The van der Waals surface area contributed by atoms with Crippen LogP contribution in [-0.2, 0) is 9.59 Å². The van der Waals surface area contributed by atoms with Crippen LogP contribution in [0.3, 0.4) is 0 Å². The third-order valence-corrected chi connectivity index (χ3v) is 4.71. The van der Waals surface area contributed by atoms with Crippen molar-refractivity contribution >= 4 is 40.1 Å². The van der Waals surface area contributed by atoms with E-state index in [0.717, 1.165) is 10.3 Å². The van der Waals surface area contributed by atoms with Crippen molar-refractivity contribution in [2.75, 3.05) is 30.9 Å². The van der Waals surface area contributed by atoms with E-state index in [0.29, 0.717) is 22.7 Å². The minimum absolute atomic E-state index is 0.0740. The summed E-state index contributed by atoms with van der Waals surface area (Å²) in [5.74, 6) is -0.952. The molecule has 0 aliphatic carbocycles. The number of hydrogen-bond donors (Lipinski definition) is 3. The van der Waals surface area contributed by atoms with Crippen molar-refractivity contribution in [1.82, 2.24) is 4.90 Å². The van der Waals surface area contributed by atoms with E-state index in [9.17, 15) is 14.4 Å². The molecule has 0 unspecified atom stereocenters. The number of methoxy groups -OCH3 is 1. The molecule has 0 saturated carbocycles. The second-order valence-electron chi connectivity index (χ2n) is 6.72. The van der Waals surface area contributed by atoms with Crippen molar-refractivity contribution in [2.24, 2.45) is 0 Å². The van der Waals surface area contributed by atoms with Crippen molar-refractivity contribution in [1.29, 1.82) is 0 Å². The molecular formula is C22H19N3O6. The Bertz CT molecular complexity index is 1180. The normalized spacial score (nSPS) is 13.5. The quantitative estimate of drug-likeness (QED) is 0.501. The molecule has 1 aliphatic heterocycles. The van der Waals surface area contributed by atoms with Crippen LogP contribution in [-0.4, -0.2) is 48.0 Å². The molecule has 0 radical (unpaired) electrons. The first-order valence-corrected chi connectivity index (χ1v) is 9.43. The molecule has 9 nitrogen and oxygen atoms in total. The van der Waals surface area contributed by atoms with Crippen LogP contribution in [0.25, 0.3) is 11.0 Å². The van der Waals surface area contributed by atoms with Crippen molar-refractivity contribution < 1.29 is 28.6 Å². The SMILES string of the molecule is COc1cc(NC2=CC(=O)N(CCO)C2=O)ccc1NC(=O)c1cc2ccccc2o1. The number of rotatable bonds is 7. The van der Waals surface area contributed by atoms with E-state index in [2.05, 4.69) is 10.6 Å². The summed E-state index contributed by atoms with van der Waals surface area (Å²) in [5.41, 5.74) is 1.58. The molecule has 0 fully saturated rings. The summed E-state index contributed by atoms with van der Waals surface area (Å²) in [6, 6.07) is 13.8. The number of anilines is 2. The van der Waals surface area contributed by atoms with E-state index in [1.165, 1.54) is 13.2 Å². The van der Waals surface area contributed by atoms with Crippen LogP contribution in [0.1, 0.15) is 10.6 Å². The minimum Gasteiger partial charge on any atom is -0.494 e. The Labute approximate surface area is 176 Å². The summed E-state index contributed by atoms with van der Waals surface area (Å²) in [4.78, 5) is 37.7. The highest BCUT2D eigenvalue weighted by atomic mass is 16.5. The predicted octanol–water partition coefficient (Wildman–Crippen LogP) is 2.35. The Morgan fingerprint density at radius 1 is 1.16 bits per heavy atom. The number of benzene rings is 2. The average Bonchev–Trinajstić information content (AvgIpc) is 3.32. The maximum atomic E-state index is 12.6. The first kappa shape index (κ1) is 20.2. The minimum atomic E-state index is -0.528. The van der Waals surface area contributed by atoms with Gasteiger partial charge in [0.25, 0.3) is 17.7 Å². The largest absolute Gasteiger partial charge is 0.494 e. The van der Waals surface area contributed by atoms with Gasteiger partial charge in [-0.1, -0.05) is 18.2 Å². The summed E-state index contributed by atoms with van der Waals surface area (Å²) >= 11 is 0. The van der Waals surface area contributed by atoms with Gasteiger partial charge < -0.3 is 24.9 Å². The van der Waals surface area contributed by atoms with Crippen LogP contribution in [0.2, 0.25) is 0 Å². The highest BCUT2D eigenvalue weighted by Gasteiger charge is 2.30. The van der Waals surface area contributed by atoms with Gasteiger partial charge in [-0.3, -0.25) is 19.3 Å². The zero-order chi connectivity index (χ0) is 22.0. The molecular weight excluding hydrogens is 402 g/mol. The number of nitrogens with one attached hydrogen (secondary N) is 2. The number of para-hydroxylation sites is 1. The fourth-order valence-electron chi connectivity index (χ4n) is 3.22. The van der Waals surface area contributed by atoms with Gasteiger partial charge in [-0.15, -0.1) is 0 Å². The molecule has 2 aromatic carbocycles. The first-order valence-electron chi connectivity index (χ1n) is 9.43. The van der Waals surface area contributed by atoms with Crippen molar-refractivity contribution in [2.45, 2.75) is 0 Å². The summed E-state index contributed by atoms with van der Waals surface area (Å²) in [6.45, 7) is -0.387. The van der Waals surface area contributed by atoms with Crippen LogP contribution >= 0.6 is 0 Å². The smallest absolute Gasteiger partial charge is 0.291 e. The Morgan fingerprint density at radius 3 is 2.71 bits per heavy atom. The molecule has 3 amide bonds. The van der Waals surface area contributed by atoms with Crippen LogP contribution in [0.5, 0.6) is 5.75 Å². The highest BCUT2D eigenvalue weighted by molar-refractivity contribution is 6.17. The van der Waals surface area contributed by atoms with Crippen LogP contribution in [0.4, 0.5) is 11.4 Å². The molecule has 0 bridgehead atoms. The number of carbonyl (C=O) groups is 3. The summed E-state index contributed by atoms with van der Waals surface area (Å²) in [6.07, 6.45) is 1.17. The molecule has 31 heavy (non-hydrogen) atoms. The molecule has 1 aliphatic rings. The molecule has 0 saturated heterocycles. The van der Waals surface area contributed by atoms with E-state index in [1.54, 1.807) is 30.3 Å². The molecule has 0 spiro atoms. The summed E-state index contributed by atoms with van der Waals surface area (Å²) < 4.78 is 10.9. The zero-order valence-electron chi connectivity index (χ0n) is 16.5. The topological polar surface area (TPSA) is 121 Å². The van der Waals surface area contributed by atoms with Crippen molar-refractivity contribution in [3.8, 4) is 5.75 Å². The number of amides is 3. The Hall–Kier alpha value is -4.11. The molecule has 3 N–H and O–H groups in total. The second kappa shape index (κ2) is 8.33. The van der Waals surface area contributed by atoms with E-state index in [-0.39, 0.29) is 24.6 Å². The third kappa shape index (κ3) is 3.99. The van der Waals surface area contributed by atoms with Gasteiger partial charge in [0, 0.05) is 23.2 Å². The monoisotopic (exact) mass is 421 g/mol. The number of fused-ring (bicyclic) bond motifs is 1. The number of aliphatic hydroxyl groups excluding tert-OH is 1. The molecule has 3 aromatic rings. The molecule has 158 valence electrons. The average molecular weight is 421 g/mol. The maximum absolute atomic E-state index is 12.6. The van der Waals surface area contributed by atoms with E-state index in [4.69, 9.17) is 14.3 Å². The number of nitrogens with zero attached hydrogens (tertiary/aromatic N) is 1. The standard InChI is InChI=1S/C22H19N3O6/c1-30-18-11-14(23-16-12-20(27)25(8-9-26)22(16)29)6-7-15(18)24-21(28)19-10-13-4-2-3-5-17(13)31-19/h2-7,10-12,23,26H,8-9H2,1H3,(H,24,28). The third-order valence-electron chi connectivity index (χ3n) is 4.71. The van der Waals surface area contributed by atoms with Gasteiger partial charge in [-0.25, -0.2) is 0 Å². The Balaban J connectivity index is 1.50. The van der Waals surface area contributed by atoms with Gasteiger partial charge in [-0.2, -0.15) is 0 Å². The number of carbonyl (C=O) groups excluding carboxylic acids is 3. The van der Waals surface area contributed by atoms with Crippen LogP contribution < -0.4 is 15.4 Å². The lowest BCUT2D eigenvalue weighted by atomic mass is 10.2. The number of hydrogen-bond acceptors (Lipinski definition) is 7. The lowest BCUT2D eigenvalue weighted by molar-refractivity contribution is -0.137. The molecule has 4 rings (SSSR count). The maximum Gasteiger partial charge on any atom is 0.291 e. The van der Waals surface area contributed by atoms with E-state index in [1.807, 2.05) is 18.2 Å². The van der Waals surface area contributed by atoms with Gasteiger partial charge in [0.15, 0.2) is 5.76 Å². The fourth-order valence-corrected chi connectivity index (χ4v) is 3.22. The second-order valence-corrected chi connectivity index (χ2v) is 6.72. The van der Waals surface area contributed by atoms with Gasteiger partial charge in [-0.05, 0) is 24.3 Å². The zero-order valence-corrected chi connectivity index (χ0v) is 16.5. The number of ether oxygens (including phenoxy) is 1. The first-order chi connectivity index (χ1) is 15.0. The molecule has 1 aromatic heterocycles. The van der Waals surface area contributed by atoms with Crippen LogP contribution in [0, 0.1) is 0 Å². The highest BCUT2D eigenvalue weighted by Crippen LogP contribution is 2.30. The Kier molecular flexibility index (Phi) is 5.42.